The van der Waals surface area contributed by atoms with E-state index in [4.69, 9.17) is 15.6 Å². The number of aliphatic hydroxyl groups excluding tert-OH is 1. The Bertz CT molecular complexity index is 1020. The smallest absolute Gasteiger partial charge is 0.303 e. The first-order valence-electron chi connectivity index (χ1n) is 16.0. The number of aliphatic carboxylic acids is 1. The Kier molecular flexibility index (Phi) is 20.9. The maximum atomic E-state index is 13.1. The Morgan fingerprint density at radius 2 is 1.75 bits per heavy atom. The normalized spacial score (nSPS) is 25.5. The Morgan fingerprint density at radius 3 is 2.32 bits per heavy atom. The highest BCUT2D eigenvalue weighted by molar-refractivity contribution is 7.09. The first-order chi connectivity index (χ1) is 20.7. The zero-order valence-corrected chi connectivity index (χ0v) is 29.0. The molecule has 0 bridgehead atoms. The predicted molar refractivity (Wildman–Crippen MR) is 179 cm³/mol. The number of aliphatic hydroxyl groups is 1. The van der Waals surface area contributed by atoms with Gasteiger partial charge < -0.3 is 26.1 Å². The lowest BCUT2D eigenvalue weighted by atomic mass is 9.74. The number of carboxylic acids is 1. The van der Waals surface area contributed by atoms with Gasteiger partial charge in [-0.3, -0.25) is 14.4 Å². The molecule has 1 fully saturated rings. The number of nitrogens with zero attached hydrogens (tertiary/aromatic N) is 1. The summed E-state index contributed by atoms with van der Waals surface area (Å²) in [6.45, 7) is 16.7. The fourth-order valence-electron chi connectivity index (χ4n) is 5.51. The van der Waals surface area contributed by atoms with Crippen LogP contribution in [0.4, 0.5) is 0 Å². The zero-order valence-electron chi connectivity index (χ0n) is 28.2. The fourth-order valence-corrected chi connectivity index (χ4v) is 6.08. The summed E-state index contributed by atoms with van der Waals surface area (Å²) >= 11 is 1.61. The van der Waals surface area contributed by atoms with Gasteiger partial charge in [0.05, 0.1) is 34.7 Å². The van der Waals surface area contributed by atoms with Gasteiger partial charge in [0.1, 0.15) is 12.6 Å². The van der Waals surface area contributed by atoms with Crippen molar-refractivity contribution in [3.63, 3.8) is 0 Å². The molecular weight excluding hydrogens is 578 g/mol. The van der Waals surface area contributed by atoms with Crippen LogP contribution in [0.25, 0.3) is 6.08 Å². The number of aryl methyl sites for hydroxylation is 1. The van der Waals surface area contributed by atoms with E-state index in [-0.39, 0.29) is 36.5 Å². The molecule has 44 heavy (non-hydrogen) atoms. The van der Waals surface area contributed by atoms with Gasteiger partial charge in [-0.15, -0.1) is 11.3 Å². The molecule has 5 N–H and O–H groups in total. The SMILES string of the molecule is C/C(=C\c1csc(C)n1)[C@@H]1CC[C@@H](C)CCC[C@H](C)C[C@@H](C)C(=O)C(C)(C)[C@@H](O)CC(=O)N1.C=O.NCCCCCC(=O)O. The molecule has 1 saturated heterocycles. The number of nitrogens with two attached hydrogens (primary N) is 1. The molecule has 1 aliphatic rings. The monoisotopic (exact) mass is 637 g/mol. The summed E-state index contributed by atoms with van der Waals surface area (Å²) in [6, 6.07) is -0.112. The van der Waals surface area contributed by atoms with Crippen LogP contribution in [0.15, 0.2) is 11.0 Å². The number of thiazole rings is 1. The summed E-state index contributed by atoms with van der Waals surface area (Å²) in [4.78, 5) is 48.6. The highest BCUT2D eigenvalue weighted by Crippen LogP contribution is 2.32. The van der Waals surface area contributed by atoms with Crippen LogP contribution in [0.5, 0.6) is 0 Å². The van der Waals surface area contributed by atoms with Gasteiger partial charge in [0.15, 0.2) is 0 Å². The number of hydrogen-bond donors (Lipinski definition) is 4. The fraction of sp³-hybridized carbons (Fsp3) is 0.735. The molecule has 2 rings (SSSR count). The maximum Gasteiger partial charge on any atom is 0.303 e. The lowest BCUT2D eigenvalue weighted by Crippen LogP contribution is -2.45. The zero-order chi connectivity index (χ0) is 33.9. The van der Waals surface area contributed by atoms with E-state index in [9.17, 15) is 19.5 Å². The summed E-state index contributed by atoms with van der Waals surface area (Å²) in [7, 11) is 0. The van der Waals surface area contributed by atoms with Crippen molar-refractivity contribution in [3.05, 3.63) is 21.7 Å². The molecule has 5 atom stereocenters. The molecule has 252 valence electrons. The number of nitrogens with one attached hydrogen (secondary N) is 1. The van der Waals surface area contributed by atoms with Crippen LogP contribution in [0.2, 0.25) is 0 Å². The van der Waals surface area contributed by atoms with Crippen molar-refractivity contribution in [3.8, 4) is 0 Å². The van der Waals surface area contributed by atoms with Gasteiger partial charge in [0.25, 0.3) is 0 Å². The molecule has 0 aliphatic carbocycles. The van der Waals surface area contributed by atoms with Crippen molar-refractivity contribution in [2.75, 3.05) is 6.54 Å². The van der Waals surface area contributed by atoms with Crippen LogP contribution < -0.4 is 11.1 Å². The largest absolute Gasteiger partial charge is 0.481 e. The van der Waals surface area contributed by atoms with E-state index in [1.807, 2.05) is 39.0 Å². The molecule has 0 saturated carbocycles. The minimum absolute atomic E-state index is 0.0432. The molecule has 9 nitrogen and oxygen atoms in total. The Balaban J connectivity index is 0.00000144. The van der Waals surface area contributed by atoms with Crippen LogP contribution in [0.3, 0.4) is 0 Å². The van der Waals surface area contributed by atoms with Crippen LogP contribution in [0.1, 0.15) is 123 Å². The van der Waals surface area contributed by atoms with Crippen molar-refractivity contribution in [2.24, 2.45) is 28.9 Å². The summed E-state index contributed by atoms with van der Waals surface area (Å²) in [5.41, 5.74) is 6.22. The second-order valence-electron chi connectivity index (χ2n) is 13.0. The van der Waals surface area contributed by atoms with Gasteiger partial charge in [-0.1, -0.05) is 60.3 Å². The number of carboxylic acid groups (broad SMARTS) is 1. The number of Topliss-reactive ketones (excluding diaryl/α,β-unsaturated/α-hetero) is 1. The third-order valence-corrected chi connectivity index (χ3v) is 9.18. The number of carbonyl (C=O) groups excluding carboxylic acids is 3. The lowest BCUT2D eigenvalue weighted by Gasteiger charge is -2.33. The maximum absolute atomic E-state index is 13.1. The van der Waals surface area contributed by atoms with E-state index in [0.717, 1.165) is 74.1 Å². The number of rotatable bonds is 7. The van der Waals surface area contributed by atoms with Crippen molar-refractivity contribution in [2.45, 2.75) is 131 Å². The van der Waals surface area contributed by atoms with Gasteiger partial charge in [-0.25, -0.2) is 4.98 Å². The Labute approximate surface area is 269 Å². The highest BCUT2D eigenvalue weighted by Gasteiger charge is 2.39. The number of aromatic nitrogens is 1. The van der Waals surface area contributed by atoms with Crippen LogP contribution in [-0.4, -0.2) is 58.3 Å². The van der Waals surface area contributed by atoms with Gasteiger partial charge in [0.2, 0.25) is 5.91 Å². The van der Waals surface area contributed by atoms with Crippen molar-refractivity contribution in [1.82, 2.24) is 10.3 Å². The number of ketones is 1. The molecule has 10 heteroatoms. The minimum atomic E-state index is -1.01. The molecule has 1 amide bonds. The van der Waals surface area contributed by atoms with Crippen LogP contribution in [0, 0.1) is 30.1 Å². The molecule has 2 heterocycles. The van der Waals surface area contributed by atoms with Crippen LogP contribution in [-0.2, 0) is 19.2 Å². The van der Waals surface area contributed by atoms with E-state index >= 15 is 0 Å². The van der Waals surface area contributed by atoms with E-state index in [0.29, 0.717) is 18.4 Å². The summed E-state index contributed by atoms with van der Waals surface area (Å²) in [5, 5.41) is 25.2. The standard InChI is InChI=1S/C27H44N2O3S.C6H13NO2.CH2O/c1-17-9-8-10-18(2)13-20(4)26(32)27(6,7)24(30)15-25(31)29-23(12-11-17)19(3)14-22-16-33-21(5)28-22;7-5-3-1-2-4-6(8)9;1-2/h14,16-18,20,23-24,30H,8-13,15H2,1-7H3,(H,29,31);1-5,7H2,(H,8,9);1H2/b19-14+;;/t17-,18-,20+,23-,24-;;/m0../s1. The molecule has 1 aromatic rings. The molecule has 1 aliphatic heterocycles. The molecule has 0 spiro atoms. The van der Waals surface area contributed by atoms with Gasteiger partial charge in [0, 0.05) is 17.7 Å². The number of amides is 1. The molecular formula is C34H59N3O6S. The second kappa shape index (κ2) is 22.1. The molecule has 0 aromatic carbocycles. The average Bonchev–Trinajstić information content (AvgIpc) is 3.37. The van der Waals surface area contributed by atoms with Crippen molar-refractivity contribution < 1.29 is 29.4 Å². The van der Waals surface area contributed by atoms with Gasteiger partial charge in [-0.2, -0.15) is 0 Å². The Morgan fingerprint density at radius 1 is 1.11 bits per heavy atom. The van der Waals surface area contributed by atoms with Crippen molar-refractivity contribution in [1.29, 1.82) is 0 Å². The third kappa shape index (κ3) is 16.6. The Hall–Kier alpha value is -2.43. The topological polar surface area (TPSA) is 160 Å². The van der Waals surface area contributed by atoms with Gasteiger partial charge >= 0.3 is 5.97 Å². The highest BCUT2D eigenvalue weighted by atomic mass is 32.1. The summed E-state index contributed by atoms with van der Waals surface area (Å²) < 4.78 is 0. The second-order valence-corrected chi connectivity index (χ2v) is 14.0. The molecule has 0 unspecified atom stereocenters. The number of hydrogen-bond acceptors (Lipinski definition) is 8. The number of unbranched alkanes of at least 4 members (excludes halogenated alkanes) is 2. The lowest BCUT2D eigenvalue weighted by molar-refractivity contribution is -0.140. The van der Waals surface area contributed by atoms with Gasteiger partial charge in [-0.05, 0) is 76.0 Å². The van der Waals surface area contributed by atoms with E-state index in [1.54, 1.807) is 25.2 Å². The summed E-state index contributed by atoms with van der Waals surface area (Å²) in [5.74, 6) is 0.0322. The quantitative estimate of drug-likeness (QED) is 0.252. The van der Waals surface area contributed by atoms with Crippen molar-refractivity contribution >= 4 is 41.9 Å². The molecule has 1 aromatic heterocycles. The summed E-state index contributed by atoms with van der Waals surface area (Å²) in [6.07, 6.45) is 10.0. The number of carbonyl (C=O) groups is 4. The van der Waals surface area contributed by atoms with E-state index in [1.165, 1.54) is 0 Å². The average molecular weight is 638 g/mol. The molecule has 0 radical (unpaired) electrons. The minimum Gasteiger partial charge on any atom is -0.481 e. The van der Waals surface area contributed by atoms with E-state index < -0.39 is 17.5 Å². The predicted octanol–water partition coefficient (Wildman–Crippen LogP) is 6.35. The third-order valence-electron chi connectivity index (χ3n) is 8.38. The van der Waals surface area contributed by atoms with E-state index in [2.05, 4.69) is 24.1 Å². The first kappa shape index (κ1) is 41.6. The first-order valence-corrected chi connectivity index (χ1v) is 16.9. The van der Waals surface area contributed by atoms with Crippen LogP contribution >= 0.6 is 11.3 Å².